The van der Waals surface area contributed by atoms with Gasteiger partial charge < -0.3 is 10.2 Å². The Morgan fingerprint density at radius 1 is 1.64 bits per heavy atom. The summed E-state index contributed by atoms with van der Waals surface area (Å²) in [5.74, 6) is -1.52. The first-order valence-corrected chi connectivity index (χ1v) is 5.21. The Hall–Kier alpha value is -0.720. The molecule has 7 heteroatoms. The minimum absolute atomic E-state index is 0.138. The lowest BCUT2D eigenvalue weighted by atomic mass is 10.1. The fourth-order valence-electron chi connectivity index (χ4n) is 1.43. The van der Waals surface area contributed by atoms with Crippen molar-refractivity contribution in [1.82, 2.24) is 4.90 Å². The summed E-state index contributed by atoms with van der Waals surface area (Å²) in [6.07, 6.45) is -1.10. The third-order valence-electron chi connectivity index (χ3n) is 2.10. The number of carboxylic acid groups (broad SMARTS) is 1. The Kier molecular flexibility index (Phi) is 2.21. The number of carboxylic acids is 1. The van der Waals surface area contributed by atoms with Crippen molar-refractivity contribution in [3.63, 3.8) is 0 Å². The molecule has 2 aliphatic heterocycles. The summed E-state index contributed by atoms with van der Waals surface area (Å²) in [6.45, 7) is 0. The van der Waals surface area contributed by atoms with Gasteiger partial charge in [-0.15, -0.1) is 11.8 Å². The van der Waals surface area contributed by atoms with Gasteiger partial charge in [0.05, 0.1) is 5.03 Å². The maximum atomic E-state index is 11.2. The third kappa shape index (κ3) is 1.14. The number of thioether (sulfide) groups is 1. The Balaban J connectivity index is 2.37. The largest absolute Gasteiger partial charge is 0.477 e. The van der Waals surface area contributed by atoms with Crippen molar-refractivity contribution in [2.45, 2.75) is 11.5 Å². The van der Waals surface area contributed by atoms with Crippen LogP contribution in [0.1, 0.15) is 0 Å². The molecule has 5 nitrogen and oxygen atoms in total. The number of β-lactam (4-membered cyclic amide) rings is 1. The zero-order valence-corrected chi connectivity index (χ0v) is 8.38. The van der Waals surface area contributed by atoms with Gasteiger partial charge in [0.2, 0.25) is 0 Å². The average molecular weight is 236 g/mol. The fraction of sp³-hybridized carbons (Fsp3) is 0.429. The van der Waals surface area contributed by atoms with Crippen LogP contribution in [-0.2, 0) is 9.59 Å². The molecule has 76 valence electrons. The molecule has 2 aliphatic rings. The molecule has 0 aromatic carbocycles. The number of fused-ring (bicyclic) bond motifs is 1. The second-order valence-corrected chi connectivity index (χ2v) is 4.47. The summed E-state index contributed by atoms with van der Waals surface area (Å²) >= 11 is 6.94. The molecule has 1 fully saturated rings. The smallest absolute Gasteiger partial charge is 0.353 e. The lowest BCUT2D eigenvalue weighted by Gasteiger charge is -2.46. The quantitative estimate of drug-likeness (QED) is 0.616. The highest BCUT2D eigenvalue weighted by Gasteiger charge is 2.52. The van der Waals surface area contributed by atoms with Crippen molar-refractivity contribution < 1.29 is 19.8 Å². The summed E-state index contributed by atoms with van der Waals surface area (Å²) in [7, 11) is 0. The molecule has 1 unspecified atom stereocenters. The molecule has 2 N–H and O–H groups in total. The highest BCUT2D eigenvalue weighted by atomic mass is 35.5. The Labute approximate surface area is 88.3 Å². The van der Waals surface area contributed by atoms with Crippen LogP contribution in [-0.4, -0.2) is 44.2 Å². The number of amides is 1. The molecular weight excluding hydrogens is 230 g/mol. The lowest BCUT2D eigenvalue weighted by Crippen LogP contribution is -2.64. The highest BCUT2D eigenvalue weighted by molar-refractivity contribution is 8.00. The first-order chi connectivity index (χ1) is 6.54. The van der Waals surface area contributed by atoms with Crippen LogP contribution < -0.4 is 0 Å². The topological polar surface area (TPSA) is 77.8 Å². The molecule has 0 radical (unpaired) electrons. The van der Waals surface area contributed by atoms with E-state index in [4.69, 9.17) is 16.7 Å². The summed E-state index contributed by atoms with van der Waals surface area (Å²) < 4.78 is 0. The van der Waals surface area contributed by atoms with E-state index in [1.807, 2.05) is 0 Å². The van der Waals surface area contributed by atoms with E-state index in [0.717, 1.165) is 4.90 Å². The van der Waals surface area contributed by atoms with Crippen LogP contribution in [0.25, 0.3) is 0 Å². The number of nitrogens with zero attached hydrogens (tertiary/aromatic N) is 1. The number of aliphatic hydroxyl groups excluding tert-OH is 1. The molecule has 2 atom stereocenters. The predicted molar refractivity (Wildman–Crippen MR) is 49.6 cm³/mol. The van der Waals surface area contributed by atoms with Gasteiger partial charge in [-0.2, -0.15) is 0 Å². The van der Waals surface area contributed by atoms with E-state index in [1.165, 1.54) is 11.8 Å². The van der Waals surface area contributed by atoms with Crippen molar-refractivity contribution in [1.29, 1.82) is 0 Å². The lowest BCUT2D eigenvalue weighted by molar-refractivity contribution is -0.159. The van der Waals surface area contributed by atoms with Crippen molar-refractivity contribution >= 4 is 35.2 Å². The van der Waals surface area contributed by atoms with Crippen LogP contribution in [0.15, 0.2) is 10.7 Å². The Morgan fingerprint density at radius 2 is 2.29 bits per heavy atom. The average Bonchev–Trinajstić information content (AvgIpc) is 2.15. The summed E-state index contributed by atoms with van der Waals surface area (Å²) in [5, 5.41) is 17.7. The zero-order valence-electron chi connectivity index (χ0n) is 6.81. The van der Waals surface area contributed by atoms with E-state index in [9.17, 15) is 14.7 Å². The van der Waals surface area contributed by atoms with Crippen LogP contribution >= 0.6 is 23.4 Å². The van der Waals surface area contributed by atoms with Crippen molar-refractivity contribution in [2.75, 3.05) is 5.75 Å². The second kappa shape index (κ2) is 3.15. The number of carbonyl (C=O) groups excluding carboxylic acids is 1. The van der Waals surface area contributed by atoms with Crippen LogP contribution in [0.4, 0.5) is 0 Å². The molecule has 2 rings (SSSR count). The van der Waals surface area contributed by atoms with Gasteiger partial charge in [0.1, 0.15) is 11.1 Å². The van der Waals surface area contributed by atoms with Crippen LogP contribution in [0, 0.1) is 0 Å². The van der Waals surface area contributed by atoms with Gasteiger partial charge in [0, 0.05) is 5.75 Å². The molecule has 0 saturated carbocycles. The number of halogens is 1. The molecule has 0 bridgehead atoms. The number of rotatable bonds is 1. The fourth-order valence-corrected chi connectivity index (χ4v) is 2.90. The summed E-state index contributed by atoms with van der Waals surface area (Å²) in [5.41, 5.74) is -0.203. The molecule has 1 amide bonds. The predicted octanol–water partition coefficient (Wildman–Crippen LogP) is -0.203. The van der Waals surface area contributed by atoms with E-state index in [2.05, 4.69) is 0 Å². The minimum Gasteiger partial charge on any atom is -0.477 e. The van der Waals surface area contributed by atoms with Crippen LogP contribution in [0.2, 0.25) is 0 Å². The van der Waals surface area contributed by atoms with Gasteiger partial charge in [0.25, 0.3) is 5.91 Å². The molecule has 1 saturated heterocycles. The summed E-state index contributed by atoms with van der Waals surface area (Å²) in [4.78, 5) is 23.0. The third-order valence-corrected chi connectivity index (χ3v) is 3.83. The molecule has 0 aromatic heterocycles. The van der Waals surface area contributed by atoms with Gasteiger partial charge in [-0.05, 0) is 0 Å². The van der Waals surface area contributed by atoms with Gasteiger partial charge in [-0.25, -0.2) is 4.79 Å². The van der Waals surface area contributed by atoms with Crippen LogP contribution in [0.3, 0.4) is 0 Å². The molecule has 0 aliphatic carbocycles. The van der Waals surface area contributed by atoms with Crippen molar-refractivity contribution in [3.8, 4) is 0 Å². The SMILES string of the molecule is O=C(O)C1=C(Cl)CS[C@@H]2C(O)C(=O)N12. The monoisotopic (exact) mass is 235 g/mol. The number of aliphatic carboxylic acids is 1. The number of aliphatic hydroxyl groups is 1. The maximum absolute atomic E-state index is 11.2. The van der Waals surface area contributed by atoms with E-state index >= 15 is 0 Å². The molecule has 14 heavy (non-hydrogen) atoms. The second-order valence-electron chi connectivity index (χ2n) is 2.91. The van der Waals surface area contributed by atoms with Crippen molar-refractivity contribution in [3.05, 3.63) is 10.7 Å². The molecule has 0 spiro atoms. The standard InChI is InChI=1S/C7H6ClNO4S/c8-2-1-14-6-4(10)5(11)9(6)3(2)7(12)13/h4,6,10H,1H2,(H,12,13)/t4?,6-/m1/s1. The molecular formula is C7H6ClNO4S. The Bertz CT molecular complexity index is 356. The van der Waals surface area contributed by atoms with E-state index in [1.54, 1.807) is 0 Å². The normalized spacial score (nSPS) is 31.3. The molecule has 0 aromatic rings. The minimum atomic E-state index is -1.24. The van der Waals surface area contributed by atoms with Crippen LogP contribution in [0.5, 0.6) is 0 Å². The maximum Gasteiger partial charge on any atom is 0.353 e. The van der Waals surface area contributed by atoms with Gasteiger partial charge in [-0.3, -0.25) is 9.69 Å². The first kappa shape index (κ1) is 9.82. The van der Waals surface area contributed by atoms with Gasteiger partial charge in [-0.1, -0.05) is 11.6 Å². The molecule has 2 heterocycles. The van der Waals surface area contributed by atoms with Gasteiger partial charge in [0.15, 0.2) is 6.10 Å². The first-order valence-electron chi connectivity index (χ1n) is 3.78. The number of hydrogen-bond donors (Lipinski definition) is 2. The highest BCUT2D eigenvalue weighted by Crippen LogP contribution is 2.40. The number of hydrogen-bond acceptors (Lipinski definition) is 4. The van der Waals surface area contributed by atoms with E-state index < -0.39 is 23.4 Å². The van der Waals surface area contributed by atoms with Crippen molar-refractivity contribution in [2.24, 2.45) is 0 Å². The van der Waals surface area contributed by atoms with Gasteiger partial charge >= 0.3 is 5.97 Å². The van der Waals surface area contributed by atoms with E-state index in [0.29, 0.717) is 5.75 Å². The Morgan fingerprint density at radius 3 is 2.86 bits per heavy atom. The number of carbonyl (C=O) groups is 2. The van der Waals surface area contributed by atoms with E-state index in [-0.39, 0.29) is 10.7 Å². The summed E-state index contributed by atoms with van der Waals surface area (Å²) in [6, 6.07) is 0. The zero-order chi connectivity index (χ0) is 10.5.